The molecule has 0 unspecified atom stereocenters. The zero-order valence-corrected chi connectivity index (χ0v) is 13.2. The molecule has 2 aliphatic carbocycles. The molecule has 0 spiro atoms. The van der Waals surface area contributed by atoms with Crippen LogP contribution < -0.4 is 4.90 Å². The van der Waals surface area contributed by atoms with Crippen LogP contribution in [0.1, 0.15) is 36.3 Å². The standard InChI is InChI=1S/C21H21NO/c23-21-20-16-11-10-15(12-16)19(20)17-8-4-5-9-18(17)22(21)13-14-6-2-1-3-7-14/h1-9,15-16,19-20H,10-13H2/t15-,16+,19-,20-/m1/s1. The van der Waals surface area contributed by atoms with Gasteiger partial charge in [-0.3, -0.25) is 4.79 Å². The minimum absolute atomic E-state index is 0.229. The molecule has 5 rings (SSSR count). The van der Waals surface area contributed by atoms with E-state index >= 15 is 0 Å². The summed E-state index contributed by atoms with van der Waals surface area (Å²) in [7, 11) is 0. The number of hydrogen-bond acceptors (Lipinski definition) is 1. The summed E-state index contributed by atoms with van der Waals surface area (Å²) >= 11 is 0. The Kier molecular flexibility index (Phi) is 2.88. The van der Waals surface area contributed by atoms with Gasteiger partial charge in [-0.05, 0) is 48.3 Å². The van der Waals surface area contributed by atoms with Crippen LogP contribution in [0.2, 0.25) is 0 Å². The highest BCUT2D eigenvalue weighted by atomic mass is 16.2. The predicted molar refractivity (Wildman–Crippen MR) is 91.1 cm³/mol. The Morgan fingerprint density at radius 3 is 2.39 bits per heavy atom. The first-order valence-corrected chi connectivity index (χ1v) is 8.77. The molecule has 2 nitrogen and oxygen atoms in total. The third-order valence-corrected chi connectivity index (χ3v) is 6.24. The molecule has 2 saturated carbocycles. The summed E-state index contributed by atoms with van der Waals surface area (Å²) in [5.74, 6) is 2.42. The second kappa shape index (κ2) is 4.95. The summed E-state index contributed by atoms with van der Waals surface area (Å²) < 4.78 is 0. The predicted octanol–water partition coefficient (Wildman–Crippen LogP) is 4.36. The first-order chi connectivity index (χ1) is 11.3. The average molecular weight is 303 g/mol. The molecule has 4 atom stereocenters. The maximum Gasteiger partial charge on any atom is 0.231 e. The number of anilines is 1. The molecule has 3 aliphatic rings. The number of hydrogen-bond donors (Lipinski definition) is 0. The third-order valence-electron chi connectivity index (χ3n) is 6.24. The van der Waals surface area contributed by atoms with Crippen LogP contribution in [0.25, 0.3) is 0 Å². The lowest BCUT2D eigenvalue weighted by Gasteiger charge is -2.41. The lowest BCUT2D eigenvalue weighted by molar-refractivity contribution is -0.125. The first-order valence-electron chi connectivity index (χ1n) is 8.77. The summed E-state index contributed by atoms with van der Waals surface area (Å²) in [6.45, 7) is 0.692. The highest BCUT2D eigenvalue weighted by Gasteiger charge is 2.55. The van der Waals surface area contributed by atoms with E-state index in [0.717, 1.165) is 11.6 Å². The molecular formula is C21H21NO. The van der Waals surface area contributed by atoms with E-state index in [1.807, 2.05) is 11.0 Å². The van der Waals surface area contributed by atoms with Crippen LogP contribution in [0.5, 0.6) is 0 Å². The van der Waals surface area contributed by atoms with Crippen LogP contribution in [0, 0.1) is 17.8 Å². The van der Waals surface area contributed by atoms with Crippen molar-refractivity contribution in [3.05, 3.63) is 65.7 Å². The lowest BCUT2D eigenvalue weighted by Crippen LogP contribution is -2.45. The van der Waals surface area contributed by atoms with Crippen molar-refractivity contribution in [3.63, 3.8) is 0 Å². The van der Waals surface area contributed by atoms with Gasteiger partial charge in [0.15, 0.2) is 0 Å². The zero-order valence-electron chi connectivity index (χ0n) is 13.2. The van der Waals surface area contributed by atoms with Crippen LogP contribution in [0.3, 0.4) is 0 Å². The topological polar surface area (TPSA) is 20.3 Å². The smallest absolute Gasteiger partial charge is 0.231 e. The minimum Gasteiger partial charge on any atom is -0.307 e. The Morgan fingerprint density at radius 1 is 0.870 bits per heavy atom. The second-order valence-electron chi connectivity index (χ2n) is 7.35. The zero-order chi connectivity index (χ0) is 15.4. The Morgan fingerprint density at radius 2 is 1.57 bits per heavy atom. The van der Waals surface area contributed by atoms with Gasteiger partial charge in [-0.2, -0.15) is 0 Å². The van der Waals surface area contributed by atoms with Gasteiger partial charge in [0.25, 0.3) is 0 Å². The van der Waals surface area contributed by atoms with E-state index in [1.165, 1.54) is 30.4 Å². The fourth-order valence-corrected chi connectivity index (χ4v) is 5.34. The van der Waals surface area contributed by atoms with E-state index in [4.69, 9.17) is 0 Å². The van der Waals surface area contributed by atoms with Crippen molar-refractivity contribution in [3.8, 4) is 0 Å². The number of nitrogens with zero attached hydrogens (tertiary/aromatic N) is 1. The number of carbonyl (C=O) groups excluding carboxylic acids is 1. The van der Waals surface area contributed by atoms with Crippen molar-refractivity contribution in [1.82, 2.24) is 0 Å². The first kappa shape index (κ1) is 13.4. The lowest BCUT2D eigenvalue weighted by atomic mass is 9.72. The number of amides is 1. The summed E-state index contributed by atoms with van der Waals surface area (Å²) in [6.07, 6.45) is 3.82. The Balaban J connectivity index is 1.60. The Hall–Kier alpha value is -2.09. The fourth-order valence-electron chi connectivity index (χ4n) is 5.34. The van der Waals surface area contributed by atoms with Crippen molar-refractivity contribution in [1.29, 1.82) is 0 Å². The van der Waals surface area contributed by atoms with E-state index in [2.05, 4.69) is 48.5 Å². The molecule has 2 aromatic carbocycles. The van der Waals surface area contributed by atoms with Gasteiger partial charge >= 0.3 is 0 Å². The normalized spacial score (nSPS) is 31.1. The molecule has 1 amide bonds. The van der Waals surface area contributed by atoms with Gasteiger partial charge in [0.2, 0.25) is 5.91 Å². The number of benzene rings is 2. The summed E-state index contributed by atoms with van der Waals surface area (Å²) in [5.41, 5.74) is 3.77. The number of carbonyl (C=O) groups is 1. The van der Waals surface area contributed by atoms with Crippen molar-refractivity contribution in [2.45, 2.75) is 31.7 Å². The minimum atomic E-state index is 0.229. The van der Waals surface area contributed by atoms with Crippen molar-refractivity contribution >= 4 is 11.6 Å². The molecule has 0 saturated heterocycles. The van der Waals surface area contributed by atoms with E-state index in [-0.39, 0.29) is 5.92 Å². The molecule has 0 aromatic heterocycles. The molecule has 0 radical (unpaired) electrons. The number of para-hydroxylation sites is 1. The fraction of sp³-hybridized carbons (Fsp3) is 0.381. The molecule has 1 heterocycles. The quantitative estimate of drug-likeness (QED) is 0.807. The van der Waals surface area contributed by atoms with Crippen molar-refractivity contribution in [2.75, 3.05) is 4.90 Å². The summed E-state index contributed by atoms with van der Waals surface area (Å²) in [4.78, 5) is 15.3. The molecular weight excluding hydrogens is 282 g/mol. The van der Waals surface area contributed by atoms with E-state index in [9.17, 15) is 4.79 Å². The molecule has 2 aromatic rings. The monoisotopic (exact) mass is 303 g/mol. The highest BCUT2D eigenvalue weighted by Crippen LogP contribution is 2.60. The SMILES string of the molecule is O=C1[C@@H]2[C@H]3CC[C@H](C3)[C@@H]2c2ccccc2N1Cc1ccccc1. The second-order valence-corrected chi connectivity index (χ2v) is 7.35. The molecule has 1 aliphatic heterocycles. The molecule has 116 valence electrons. The van der Waals surface area contributed by atoms with Crippen LogP contribution in [-0.2, 0) is 11.3 Å². The largest absolute Gasteiger partial charge is 0.307 e. The average Bonchev–Trinajstić information content (AvgIpc) is 3.21. The highest BCUT2D eigenvalue weighted by molar-refractivity contribution is 5.99. The molecule has 2 heteroatoms. The van der Waals surface area contributed by atoms with Crippen molar-refractivity contribution < 1.29 is 4.79 Å². The van der Waals surface area contributed by atoms with E-state index in [0.29, 0.717) is 24.3 Å². The van der Waals surface area contributed by atoms with Crippen LogP contribution in [0.4, 0.5) is 5.69 Å². The van der Waals surface area contributed by atoms with E-state index < -0.39 is 0 Å². The number of rotatable bonds is 2. The molecule has 23 heavy (non-hydrogen) atoms. The summed E-state index contributed by atoms with van der Waals surface area (Å²) in [5, 5.41) is 0. The molecule has 0 N–H and O–H groups in total. The summed E-state index contributed by atoms with van der Waals surface area (Å²) in [6, 6.07) is 19.0. The maximum absolute atomic E-state index is 13.3. The van der Waals surface area contributed by atoms with Gasteiger partial charge in [0, 0.05) is 17.5 Å². The van der Waals surface area contributed by atoms with Gasteiger partial charge in [-0.15, -0.1) is 0 Å². The van der Waals surface area contributed by atoms with Crippen LogP contribution in [0.15, 0.2) is 54.6 Å². The van der Waals surface area contributed by atoms with Gasteiger partial charge in [0.05, 0.1) is 6.54 Å². The third kappa shape index (κ3) is 1.90. The van der Waals surface area contributed by atoms with Gasteiger partial charge < -0.3 is 4.90 Å². The molecule has 2 bridgehead atoms. The Labute approximate surface area is 137 Å². The van der Waals surface area contributed by atoms with Gasteiger partial charge in [-0.25, -0.2) is 0 Å². The Bertz CT molecular complexity index is 753. The van der Waals surface area contributed by atoms with Crippen LogP contribution in [-0.4, -0.2) is 5.91 Å². The van der Waals surface area contributed by atoms with Gasteiger partial charge in [-0.1, -0.05) is 48.5 Å². The molecule has 2 fully saturated rings. The van der Waals surface area contributed by atoms with Crippen LogP contribution >= 0.6 is 0 Å². The van der Waals surface area contributed by atoms with Crippen molar-refractivity contribution in [2.24, 2.45) is 17.8 Å². The van der Waals surface area contributed by atoms with Gasteiger partial charge in [0.1, 0.15) is 0 Å². The maximum atomic E-state index is 13.3. The van der Waals surface area contributed by atoms with E-state index in [1.54, 1.807) is 0 Å². The number of fused-ring (bicyclic) bond motifs is 7.